The summed E-state index contributed by atoms with van der Waals surface area (Å²) in [4.78, 5) is 10.4. The highest BCUT2D eigenvalue weighted by Gasteiger charge is 2.01. The van der Waals surface area contributed by atoms with Gasteiger partial charge in [0, 0.05) is 9.13 Å². The summed E-state index contributed by atoms with van der Waals surface area (Å²) in [5, 5.41) is 0. The fraction of sp³-hybridized carbons (Fsp3) is 0. The fourth-order valence-corrected chi connectivity index (χ4v) is 1.39. The number of nitrogens with two attached hydrogens (primary N) is 1. The Hall–Kier alpha value is -0.620. The van der Waals surface area contributed by atoms with Gasteiger partial charge in [0.05, 0.1) is 5.69 Å². The van der Waals surface area contributed by atoms with Gasteiger partial charge in [-0.05, 0) is 28.7 Å². The summed E-state index contributed by atoms with van der Waals surface area (Å²) >= 11 is 2.07. The number of halogens is 1. The third-order valence-corrected chi connectivity index (χ3v) is 2.51. The lowest BCUT2D eigenvalue weighted by atomic mass is 10.2. The van der Waals surface area contributed by atoms with Crippen molar-refractivity contribution in [2.24, 2.45) is 5.84 Å². The first-order valence-corrected chi connectivity index (χ1v) is 4.07. The lowest BCUT2D eigenvalue weighted by Crippen LogP contribution is -2.08. The number of carbonyl (C=O) groups is 1. The Morgan fingerprint density at radius 1 is 1.55 bits per heavy atom. The maximum atomic E-state index is 10.4. The van der Waals surface area contributed by atoms with E-state index in [1.807, 2.05) is 6.07 Å². The predicted molar refractivity (Wildman–Crippen MR) is 52.4 cm³/mol. The van der Waals surface area contributed by atoms with E-state index in [0.717, 1.165) is 15.5 Å². The maximum absolute atomic E-state index is 10.4. The molecule has 0 spiro atoms. The number of benzene rings is 1. The average molecular weight is 262 g/mol. The molecular weight excluding hydrogens is 255 g/mol. The molecule has 0 saturated heterocycles. The van der Waals surface area contributed by atoms with Crippen molar-refractivity contribution in [3.8, 4) is 0 Å². The van der Waals surface area contributed by atoms with Crippen LogP contribution in [0.2, 0.25) is 0 Å². The number of hydrogen-bond donors (Lipinski definition) is 2. The highest BCUT2D eigenvalue weighted by molar-refractivity contribution is 14.1. The van der Waals surface area contributed by atoms with Gasteiger partial charge < -0.3 is 5.43 Å². The van der Waals surface area contributed by atoms with Crippen LogP contribution < -0.4 is 11.3 Å². The zero-order valence-electron chi connectivity index (χ0n) is 5.67. The molecule has 0 aromatic heterocycles. The van der Waals surface area contributed by atoms with E-state index in [4.69, 9.17) is 5.84 Å². The number of anilines is 1. The summed E-state index contributed by atoms with van der Waals surface area (Å²) in [5.41, 5.74) is 3.93. The van der Waals surface area contributed by atoms with Crippen LogP contribution in [-0.4, -0.2) is 6.29 Å². The highest BCUT2D eigenvalue weighted by atomic mass is 127. The first-order chi connectivity index (χ1) is 5.29. The van der Waals surface area contributed by atoms with E-state index in [1.165, 1.54) is 0 Å². The molecule has 0 fully saturated rings. The summed E-state index contributed by atoms with van der Waals surface area (Å²) in [6.45, 7) is 0. The lowest BCUT2D eigenvalue weighted by Gasteiger charge is -2.03. The fourth-order valence-electron chi connectivity index (χ4n) is 0.752. The van der Waals surface area contributed by atoms with Gasteiger partial charge in [-0.15, -0.1) is 0 Å². The van der Waals surface area contributed by atoms with E-state index in [-0.39, 0.29) is 0 Å². The Morgan fingerprint density at radius 3 is 2.82 bits per heavy atom. The monoisotopic (exact) mass is 262 g/mol. The third-order valence-electron chi connectivity index (χ3n) is 1.31. The zero-order chi connectivity index (χ0) is 8.27. The Morgan fingerprint density at radius 2 is 2.27 bits per heavy atom. The normalized spacial score (nSPS) is 9.27. The second kappa shape index (κ2) is 3.68. The minimum Gasteiger partial charge on any atom is -0.323 e. The quantitative estimate of drug-likeness (QED) is 0.366. The predicted octanol–water partition coefficient (Wildman–Crippen LogP) is 1.39. The molecule has 1 aromatic rings. The molecule has 0 aliphatic rings. The molecule has 11 heavy (non-hydrogen) atoms. The summed E-state index contributed by atoms with van der Waals surface area (Å²) in [7, 11) is 0. The minimum absolute atomic E-state index is 0.654. The molecule has 1 aromatic carbocycles. The smallest absolute Gasteiger partial charge is 0.151 e. The summed E-state index contributed by atoms with van der Waals surface area (Å²) in [6, 6.07) is 5.34. The van der Waals surface area contributed by atoms with Crippen LogP contribution in [0.4, 0.5) is 5.69 Å². The molecule has 58 valence electrons. The first-order valence-electron chi connectivity index (χ1n) is 3.00. The van der Waals surface area contributed by atoms with Gasteiger partial charge in [0.1, 0.15) is 0 Å². The van der Waals surface area contributed by atoms with Gasteiger partial charge in [-0.2, -0.15) is 0 Å². The molecule has 0 heterocycles. The van der Waals surface area contributed by atoms with Crippen LogP contribution in [0.15, 0.2) is 18.2 Å². The molecule has 3 nitrogen and oxygen atoms in total. The molecule has 0 bridgehead atoms. The Labute approximate surface area is 78.1 Å². The van der Waals surface area contributed by atoms with Crippen molar-refractivity contribution in [3.63, 3.8) is 0 Å². The largest absolute Gasteiger partial charge is 0.323 e. The molecular formula is C7H7IN2O. The first kappa shape index (κ1) is 8.48. The molecule has 0 saturated carbocycles. The topological polar surface area (TPSA) is 55.1 Å². The van der Waals surface area contributed by atoms with Crippen molar-refractivity contribution in [2.45, 2.75) is 0 Å². The number of rotatable bonds is 2. The van der Waals surface area contributed by atoms with E-state index in [1.54, 1.807) is 12.1 Å². The SMILES string of the molecule is NNc1cccc(C=O)c1I. The van der Waals surface area contributed by atoms with Crippen molar-refractivity contribution >= 4 is 34.6 Å². The van der Waals surface area contributed by atoms with Crippen LogP contribution >= 0.6 is 22.6 Å². The van der Waals surface area contributed by atoms with Crippen molar-refractivity contribution < 1.29 is 4.79 Å². The summed E-state index contributed by atoms with van der Waals surface area (Å²) in [5.74, 6) is 5.20. The number of aldehydes is 1. The van der Waals surface area contributed by atoms with Crippen LogP contribution in [-0.2, 0) is 0 Å². The van der Waals surface area contributed by atoms with Gasteiger partial charge in [-0.1, -0.05) is 12.1 Å². The molecule has 0 unspecified atom stereocenters. The van der Waals surface area contributed by atoms with E-state index in [2.05, 4.69) is 28.0 Å². The van der Waals surface area contributed by atoms with Crippen LogP contribution in [0.5, 0.6) is 0 Å². The average Bonchev–Trinajstić information content (AvgIpc) is 2.05. The van der Waals surface area contributed by atoms with E-state index >= 15 is 0 Å². The molecule has 0 amide bonds. The van der Waals surface area contributed by atoms with Gasteiger partial charge in [-0.25, -0.2) is 0 Å². The van der Waals surface area contributed by atoms with Crippen molar-refractivity contribution in [1.29, 1.82) is 0 Å². The van der Waals surface area contributed by atoms with Crippen molar-refractivity contribution in [1.82, 2.24) is 0 Å². The number of hydrogen-bond acceptors (Lipinski definition) is 3. The number of hydrazine groups is 1. The molecule has 1 rings (SSSR count). The minimum atomic E-state index is 0.654. The molecule has 0 radical (unpaired) electrons. The summed E-state index contributed by atoms with van der Waals surface area (Å²) < 4.78 is 0.850. The third kappa shape index (κ3) is 1.69. The Kier molecular flexibility index (Phi) is 2.84. The van der Waals surface area contributed by atoms with Crippen molar-refractivity contribution in [2.75, 3.05) is 5.43 Å². The second-order valence-corrected chi connectivity index (χ2v) is 3.05. The zero-order valence-corrected chi connectivity index (χ0v) is 7.83. The lowest BCUT2D eigenvalue weighted by molar-refractivity contribution is 0.112. The van der Waals surface area contributed by atoms with Gasteiger partial charge in [0.25, 0.3) is 0 Å². The Bertz CT molecular complexity index is 275. The number of carbonyl (C=O) groups excluding carboxylic acids is 1. The molecule has 4 heteroatoms. The van der Waals surface area contributed by atoms with Crippen LogP contribution in [0.1, 0.15) is 10.4 Å². The van der Waals surface area contributed by atoms with E-state index in [0.29, 0.717) is 5.56 Å². The standard InChI is InChI=1S/C7H7IN2O/c8-7-5(4-11)2-1-3-6(7)10-9/h1-4,10H,9H2. The number of nitrogens with one attached hydrogen (secondary N) is 1. The molecule has 0 aliphatic carbocycles. The second-order valence-electron chi connectivity index (χ2n) is 1.97. The van der Waals surface area contributed by atoms with Crippen LogP contribution in [0.3, 0.4) is 0 Å². The van der Waals surface area contributed by atoms with Crippen molar-refractivity contribution in [3.05, 3.63) is 27.3 Å². The van der Waals surface area contributed by atoms with Gasteiger partial charge >= 0.3 is 0 Å². The Balaban J connectivity index is 3.20. The van der Waals surface area contributed by atoms with Crippen LogP contribution in [0.25, 0.3) is 0 Å². The van der Waals surface area contributed by atoms with E-state index < -0.39 is 0 Å². The molecule has 3 N–H and O–H groups in total. The maximum Gasteiger partial charge on any atom is 0.151 e. The molecule has 0 atom stereocenters. The molecule has 0 aliphatic heterocycles. The van der Waals surface area contributed by atoms with Gasteiger partial charge in [0.15, 0.2) is 6.29 Å². The van der Waals surface area contributed by atoms with Gasteiger partial charge in [-0.3, -0.25) is 10.6 Å². The van der Waals surface area contributed by atoms with Gasteiger partial charge in [0.2, 0.25) is 0 Å². The van der Waals surface area contributed by atoms with Crippen LogP contribution in [0, 0.1) is 3.57 Å². The van der Waals surface area contributed by atoms with E-state index in [9.17, 15) is 4.79 Å². The highest BCUT2D eigenvalue weighted by Crippen LogP contribution is 2.19. The number of nitrogen functional groups attached to an aromatic ring is 1. The summed E-state index contributed by atoms with van der Waals surface area (Å²) in [6.07, 6.45) is 0.808.